The summed E-state index contributed by atoms with van der Waals surface area (Å²) < 4.78 is 15.6. The van der Waals surface area contributed by atoms with Crippen LogP contribution in [-0.4, -0.2) is 36.9 Å². The second-order valence-corrected chi connectivity index (χ2v) is 7.38. The highest BCUT2D eigenvalue weighted by Gasteiger charge is 2.31. The van der Waals surface area contributed by atoms with E-state index in [1.54, 1.807) is 18.2 Å². The van der Waals surface area contributed by atoms with Crippen LogP contribution in [-0.2, 0) is 4.79 Å². The van der Waals surface area contributed by atoms with Crippen LogP contribution in [0.25, 0.3) is 11.4 Å². The molecule has 9 heteroatoms. The number of fused-ring (bicyclic) bond motifs is 1. The predicted octanol–water partition coefficient (Wildman–Crippen LogP) is 3.35. The predicted molar refractivity (Wildman–Crippen MR) is 93.6 cm³/mol. The standard InChI is InChI=1S/C16H11FN4O2S2/c17-10-5-2-1-4-9(10)15-18-19-16-21(15)20-14(11-6-3-7-24-11)12(25-16)8-13(22)23/h1-7,12H,8H2,(H,22,23). The molecule has 0 fully saturated rings. The van der Waals surface area contributed by atoms with E-state index in [0.29, 0.717) is 22.3 Å². The van der Waals surface area contributed by atoms with Crippen LogP contribution in [0, 0.1) is 5.82 Å². The largest absolute Gasteiger partial charge is 0.481 e. The Labute approximate surface area is 150 Å². The molecule has 25 heavy (non-hydrogen) atoms. The van der Waals surface area contributed by atoms with E-state index in [-0.39, 0.29) is 11.7 Å². The Hall–Kier alpha value is -2.52. The number of halogens is 1. The van der Waals surface area contributed by atoms with Crippen LogP contribution in [0.2, 0.25) is 0 Å². The fraction of sp³-hybridized carbons (Fsp3) is 0.125. The molecule has 0 saturated carbocycles. The maximum atomic E-state index is 14.1. The summed E-state index contributed by atoms with van der Waals surface area (Å²) in [7, 11) is 0. The molecule has 0 amide bonds. The molecule has 0 bridgehead atoms. The summed E-state index contributed by atoms with van der Waals surface area (Å²) in [4.78, 5) is 12.1. The number of hydrogen-bond donors (Lipinski definition) is 1. The fourth-order valence-electron chi connectivity index (χ4n) is 2.52. The summed E-state index contributed by atoms with van der Waals surface area (Å²) in [5.74, 6) is -1.03. The van der Waals surface area contributed by atoms with Crippen molar-refractivity contribution < 1.29 is 14.3 Å². The average molecular weight is 374 g/mol. The molecule has 1 unspecified atom stereocenters. The summed E-state index contributed by atoms with van der Waals surface area (Å²) in [5.41, 5.74) is 0.931. The molecule has 1 N–H and O–H groups in total. The van der Waals surface area contributed by atoms with Gasteiger partial charge in [0.05, 0.1) is 27.8 Å². The molecular formula is C16H11FN4O2S2. The third-order valence-electron chi connectivity index (χ3n) is 3.62. The molecule has 2 aromatic heterocycles. The quantitative estimate of drug-likeness (QED) is 0.757. The summed E-state index contributed by atoms with van der Waals surface area (Å²) in [6.07, 6.45) is -0.0801. The number of thioether (sulfide) groups is 1. The SMILES string of the molecule is O=C(O)CC1Sc2nnc(-c3ccccc3F)n2N=C1c1cccs1. The van der Waals surface area contributed by atoms with Crippen molar-refractivity contribution >= 4 is 34.8 Å². The number of hydrogen-bond acceptors (Lipinski definition) is 6. The molecule has 1 aliphatic rings. The molecule has 6 nitrogen and oxygen atoms in total. The van der Waals surface area contributed by atoms with E-state index in [2.05, 4.69) is 15.3 Å². The Kier molecular flexibility index (Phi) is 4.10. The number of aliphatic carboxylic acids is 1. The van der Waals surface area contributed by atoms with Crippen molar-refractivity contribution in [3.63, 3.8) is 0 Å². The fourth-order valence-corrected chi connectivity index (χ4v) is 4.44. The van der Waals surface area contributed by atoms with Gasteiger partial charge in [-0.15, -0.1) is 21.5 Å². The molecule has 1 aromatic carbocycles. The molecule has 3 aromatic rings. The maximum absolute atomic E-state index is 14.1. The van der Waals surface area contributed by atoms with E-state index in [9.17, 15) is 14.3 Å². The summed E-state index contributed by atoms with van der Waals surface area (Å²) in [6, 6.07) is 10.0. The van der Waals surface area contributed by atoms with Crippen molar-refractivity contribution in [1.82, 2.24) is 14.9 Å². The Balaban J connectivity index is 1.84. The van der Waals surface area contributed by atoms with Crippen LogP contribution in [0.5, 0.6) is 0 Å². The van der Waals surface area contributed by atoms with Crippen molar-refractivity contribution in [3.05, 3.63) is 52.5 Å². The molecule has 0 spiro atoms. The van der Waals surface area contributed by atoms with Gasteiger partial charge in [0, 0.05) is 0 Å². The smallest absolute Gasteiger partial charge is 0.304 e. The van der Waals surface area contributed by atoms with Crippen LogP contribution in [0.3, 0.4) is 0 Å². The lowest BCUT2D eigenvalue weighted by molar-refractivity contribution is -0.136. The van der Waals surface area contributed by atoms with E-state index in [1.807, 2.05) is 17.5 Å². The molecule has 0 saturated heterocycles. The lowest BCUT2D eigenvalue weighted by Crippen LogP contribution is -2.26. The van der Waals surface area contributed by atoms with E-state index in [0.717, 1.165) is 4.88 Å². The number of rotatable bonds is 4. The first kappa shape index (κ1) is 16.0. The van der Waals surface area contributed by atoms with Gasteiger partial charge in [-0.2, -0.15) is 9.78 Å². The zero-order chi connectivity index (χ0) is 17.4. The first-order chi connectivity index (χ1) is 12.1. The van der Waals surface area contributed by atoms with Gasteiger partial charge in [-0.25, -0.2) is 4.39 Å². The molecule has 4 rings (SSSR count). The van der Waals surface area contributed by atoms with Gasteiger partial charge in [0.15, 0.2) is 5.82 Å². The normalized spacial score (nSPS) is 16.4. The molecule has 0 radical (unpaired) electrons. The Morgan fingerprint density at radius 2 is 2.08 bits per heavy atom. The molecule has 1 atom stereocenters. The Morgan fingerprint density at radius 3 is 2.80 bits per heavy atom. The molecule has 1 aliphatic heterocycles. The lowest BCUT2D eigenvalue weighted by Gasteiger charge is -2.21. The topological polar surface area (TPSA) is 80.4 Å². The van der Waals surface area contributed by atoms with Crippen molar-refractivity contribution in [2.24, 2.45) is 5.10 Å². The number of aromatic nitrogens is 3. The Morgan fingerprint density at radius 1 is 1.24 bits per heavy atom. The number of carbonyl (C=O) groups is 1. The van der Waals surface area contributed by atoms with Crippen LogP contribution in [0.1, 0.15) is 11.3 Å². The average Bonchev–Trinajstić information content (AvgIpc) is 3.23. The van der Waals surface area contributed by atoms with Gasteiger partial charge in [-0.3, -0.25) is 4.79 Å². The zero-order valence-electron chi connectivity index (χ0n) is 12.7. The van der Waals surface area contributed by atoms with Crippen molar-refractivity contribution in [2.75, 3.05) is 0 Å². The zero-order valence-corrected chi connectivity index (χ0v) is 14.3. The summed E-state index contributed by atoms with van der Waals surface area (Å²) in [6.45, 7) is 0. The van der Waals surface area contributed by atoms with Gasteiger partial charge in [0.1, 0.15) is 5.82 Å². The number of benzene rings is 1. The van der Waals surface area contributed by atoms with E-state index in [1.165, 1.54) is 33.8 Å². The number of thiophene rings is 1. The monoisotopic (exact) mass is 374 g/mol. The summed E-state index contributed by atoms with van der Waals surface area (Å²) in [5, 5.41) is 23.9. The van der Waals surface area contributed by atoms with Gasteiger partial charge < -0.3 is 5.11 Å². The summed E-state index contributed by atoms with van der Waals surface area (Å²) >= 11 is 2.75. The molecule has 3 heterocycles. The van der Waals surface area contributed by atoms with Crippen molar-refractivity contribution in [1.29, 1.82) is 0 Å². The Bertz CT molecular complexity index is 968. The van der Waals surface area contributed by atoms with E-state index in [4.69, 9.17) is 0 Å². The van der Waals surface area contributed by atoms with Crippen LogP contribution in [0.15, 0.2) is 52.0 Å². The highest BCUT2D eigenvalue weighted by Crippen LogP contribution is 2.35. The highest BCUT2D eigenvalue weighted by atomic mass is 32.2. The minimum absolute atomic E-state index is 0.0801. The van der Waals surface area contributed by atoms with E-state index < -0.39 is 11.8 Å². The minimum atomic E-state index is -0.913. The third-order valence-corrected chi connectivity index (χ3v) is 5.65. The molecule has 126 valence electrons. The molecule has 0 aliphatic carbocycles. The second-order valence-electron chi connectivity index (χ2n) is 5.26. The maximum Gasteiger partial charge on any atom is 0.304 e. The van der Waals surface area contributed by atoms with Gasteiger partial charge in [0.25, 0.3) is 0 Å². The van der Waals surface area contributed by atoms with E-state index >= 15 is 0 Å². The second kappa shape index (κ2) is 6.41. The number of carboxylic acids is 1. The first-order valence-corrected chi connectivity index (χ1v) is 9.11. The van der Waals surface area contributed by atoms with Crippen LogP contribution in [0.4, 0.5) is 4.39 Å². The first-order valence-electron chi connectivity index (χ1n) is 7.35. The van der Waals surface area contributed by atoms with Crippen LogP contribution < -0.4 is 0 Å². The van der Waals surface area contributed by atoms with Crippen molar-refractivity contribution in [2.45, 2.75) is 16.8 Å². The van der Waals surface area contributed by atoms with Crippen LogP contribution >= 0.6 is 23.1 Å². The minimum Gasteiger partial charge on any atom is -0.481 e. The van der Waals surface area contributed by atoms with Gasteiger partial charge >= 0.3 is 5.97 Å². The number of carboxylic acid groups (broad SMARTS) is 1. The van der Waals surface area contributed by atoms with Gasteiger partial charge in [-0.1, -0.05) is 30.0 Å². The molecular weight excluding hydrogens is 363 g/mol. The lowest BCUT2D eigenvalue weighted by atomic mass is 10.1. The third kappa shape index (κ3) is 2.96. The highest BCUT2D eigenvalue weighted by molar-refractivity contribution is 8.00. The van der Waals surface area contributed by atoms with Gasteiger partial charge in [0.2, 0.25) is 5.16 Å². The number of nitrogens with zero attached hydrogens (tertiary/aromatic N) is 4. The van der Waals surface area contributed by atoms with Crippen molar-refractivity contribution in [3.8, 4) is 11.4 Å². The van der Waals surface area contributed by atoms with Gasteiger partial charge in [-0.05, 0) is 23.6 Å².